The van der Waals surface area contributed by atoms with Gasteiger partial charge in [-0.05, 0) is 46.9 Å². The Bertz CT molecular complexity index is 700. The van der Waals surface area contributed by atoms with Crippen molar-refractivity contribution in [2.45, 2.75) is 0 Å². The van der Waals surface area contributed by atoms with Gasteiger partial charge in [0.05, 0.1) is 15.6 Å². The summed E-state index contributed by atoms with van der Waals surface area (Å²) in [5.74, 6) is -0.135. The zero-order valence-electron chi connectivity index (χ0n) is 11.2. The fourth-order valence-corrected chi connectivity index (χ4v) is 2.84. The number of aromatic nitrogens is 1. The number of benzene rings is 1. The van der Waals surface area contributed by atoms with E-state index in [0.717, 1.165) is 0 Å². The number of amides is 1. The van der Waals surface area contributed by atoms with E-state index in [-0.39, 0.29) is 11.7 Å². The molecule has 116 valence electrons. The summed E-state index contributed by atoms with van der Waals surface area (Å²) in [5, 5.41) is 6.59. The first-order chi connectivity index (χ1) is 10.5. The van der Waals surface area contributed by atoms with Crippen molar-refractivity contribution < 1.29 is 9.18 Å². The molecular weight excluding hydrogens is 443 g/mol. The molecule has 1 aromatic heterocycles. The number of anilines is 1. The highest BCUT2D eigenvalue weighted by Crippen LogP contribution is 2.22. The first-order valence-corrected chi connectivity index (χ1v) is 8.09. The highest BCUT2D eigenvalue weighted by Gasteiger charge is 2.10. The van der Waals surface area contributed by atoms with Gasteiger partial charge < -0.3 is 10.6 Å². The molecule has 0 atom stereocenters. The average molecular weight is 454 g/mol. The average Bonchev–Trinajstić information content (AvgIpc) is 2.45. The Labute approximate surface area is 150 Å². The van der Waals surface area contributed by atoms with Gasteiger partial charge in [0.15, 0.2) is 0 Å². The second kappa shape index (κ2) is 7.94. The highest BCUT2D eigenvalue weighted by atomic mass is 127. The summed E-state index contributed by atoms with van der Waals surface area (Å²) in [4.78, 5) is 16.0. The normalized spacial score (nSPS) is 10.4. The van der Waals surface area contributed by atoms with Crippen LogP contribution in [0, 0.1) is 9.39 Å². The molecule has 0 unspecified atom stereocenters. The van der Waals surface area contributed by atoms with Crippen LogP contribution in [-0.2, 0) is 0 Å². The smallest absolute Gasteiger partial charge is 0.252 e. The van der Waals surface area contributed by atoms with Gasteiger partial charge in [0.25, 0.3) is 5.91 Å². The maximum absolute atomic E-state index is 13.0. The number of rotatable bonds is 5. The van der Waals surface area contributed by atoms with Gasteiger partial charge in [-0.3, -0.25) is 4.79 Å². The Hall–Kier alpha value is -1.12. The van der Waals surface area contributed by atoms with E-state index in [1.165, 1.54) is 24.4 Å². The van der Waals surface area contributed by atoms with Gasteiger partial charge in [0, 0.05) is 22.9 Å². The van der Waals surface area contributed by atoms with Crippen molar-refractivity contribution >= 4 is 57.5 Å². The number of halogens is 4. The second-order valence-electron chi connectivity index (χ2n) is 4.29. The number of carbonyl (C=O) groups is 1. The molecule has 0 bridgehead atoms. The van der Waals surface area contributed by atoms with Crippen molar-refractivity contribution in [3.8, 4) is 0 Å². The molecule has 4 nitrogen and oxygen atoms in total. The fourth-order valence-electron chi connectivity index (χ4n) is 1.67. The largest absolute Gasteiger partial charge is 0.367 e. The molecule has 8 heteroatoms. The predicted octanol–water partition coefficient (Wildman–Crippen LogP) is 3.97. The minimum Gasteiger partial charge on any atom is -0.367 e. The molecule has 1 amide bonds. The van der Waals surface area contributed by atoms with Crippen LogP contribution in [0.25, 0.3) is 0 Å². The van der Waals surface area contributed by atoms with Gasteiger partial charge in [-0.15, -0.1) is 0 Å². The molecule has 0 aliphatic rings. The molecular formula is C14H11Cl2FIN3O. The maximum atomic E-state index is 13.0. The van der Waals surface area contributed by atoms with Gasteiger partial charge >= 0.3 is 0 Å². The molecule has 2 N–H and O–H groups in total. The number of nitrogens with zero attached hydrogens (tertiary/aromatic N) is 1. The molecule has 0 saturated heterocycles. The SMILES string of the molecule is O=C(NCCNc1ncc(Cl)cc1Cl)c1ccc(F)cc1I. The monoisotopic (exact) mass is 453 g/mol. The van der Waals surface area contributed by atoms with E-state index in [9.17, 15) is 9.18 Å². The summed E-state index contributed by atoms with van der Waals surface area (Å²) in [6.07, 6.45) is 1.48. The molecule has 1 heterocycles. The van der Waals surface area contributed by atoms with Crippen molar-refractivity contribution in [3.63, 3.8) is 0 Å². The van der Waals surface area contributed by atoms with Crippen LogP contribution in [0.1, 0.15) is 10.4 Å². The predicted molar refractivity (Wildman–Crippen MR) is 94.2 cm³/mol. The van der Waals surface area contributed by atoms with E-state index >= 15 is 0 Å². The molecule has 2 rings (SSSR count). The van der Waals surface area contributed by atoms with Crippen LogP contribution in [0.3, 0.4) is 0 Å². The van der Waals surface area contributed by atoms with E-state index in [4.69, 9.17) is 23.2 Å². The van der Waals surface area contributed by atoms with Crippen LogP contribution in [0.2, 0.25) is 10.0 Å². The van der Waals surface area contributed by atoms with E-state index in [2.05, 4.69) is 15.6 Å². The number of nitrogens with one attached hydrogen (secondary N) is 2. The lowest BCUT2D eigenvalue weighted by molar-refractivity contribution is 0.0954. The molecule has 0 radical (unpaired) electrons. The topological polar surface area (TPSA) is 54.0 Å². The standard InChI is InChI=1S/C14H11Cl2FIN3O/c15-8-5-11(16)13(21-7-8)19-3-4-20-14(22)10-2-1-9(17)6-12(10)18/h1-2,5-7H,3-4H2,(H,19,21)(H,20,22). The molecule has 22 heavy (non-hydrogen) atoms. The highest BCUT2D eigenvalue weighted by molar-refractivity contribution is 14.1. The first kappa shape index (κ1) is 17.2. The summed E-state index contributed by atoms with van der Waals surface area (Å²) in [7, 11) is 0. The van der Waals surface area contributed by atoms with E-state index in [1.54, 1.807) is 6.07 Å². The summed E-state index contributed by atoms with van der Waals surface area (Å²) in [5.41, 5.74) is 0.435. The minimum absolute atomic E-state index is 0.263. The van der Waals surface area contributed by atoms with E-state index < -0.39 is 0 Å². The molecule has 0 spiro atoms. The molecule has 2 aromatic rings. The Morgan fingerprint density at radius 2 is 2.05 bits per heavy atom. The number of hydrogen-bond acceptors (Lipinski definition) is 3. The molecule has 0 saturated carbocycles. The van der Waals surface area contributed by atoms with Gasteiger partial charge in [0.1, 0.15) is 11.6 Å². The third-order valence-electron chi connectivity index (χ3n) is 2.69. The van der Waals surface area contributed by atoms with Gasteiger partial charge in [-0.2, -0.15) is 0 Å². The van der Waals surface area contributed by atoms with Crippen LogP contribution in [0.4, 0.5) is 10.2 Å². The van der Waals surface area contributed by atoms with Crippen molar-refractivity contribution in [2.75, 3.05) is 18.4 Å². The van der Waals surface area contributed by atoms with Crippen molar-refractivity contribution in [2.24, 2.45) is 0 Å². The number of carbonyl (C=O) groups excluding carboxylic acids is 1. The van der Waals surface area contributed by atoms with Crippen LogP contribution >= 0.6 is 45.8 Å². The number of hydrogen-bond donors (Lipinski definition) is 2. The van der Waals surface area contributed by atoms with Crippen LogP contribution < -0.4 is 10.6 Å². The Kier molecular flexibility index (Phi) is 6.22. The van der Waals surface area contributed by atoms with E-state index in [1.807, 2.05) is 22.6 Å². The molecule has 0 fully saturated rings. The first-order valence-electron chi connectivity index (χ1n) is 6.25. The van der Waals surface area contributed by atoms with Crippen molar-refractivity contribution in [1.29, 1.82) is 0 Å². The lowest BCUT2D eigenvalue weighted by Gasteiger charge is -2.09. The van der Waals surface area contributed by atoms with E-state index in [0.29, 0.717) is 38.1 Å². The Morgan fingerprint density at radius 3 is 2.73 bits per heavy atom. The summed E-state index contributed by atoms with van der Waals surface area (Å²) in [6, 6.07) is 5.60. The molecule has 0 aliphatic heterocycles. The van der Waals surface area contributed by atoms with Gasteiger partial charge in [-0.1, -0.05) is 23.2 Å². The Balaban J connectivity index is 1.84. The third kappa shape index (κ3) is 4.69. The molecule has 0 aliphatic carbocycles. The lowest BCUT2D eigenvalue weighted by Crippen LogP contribution is -2.29. The van der Waals surface area contributed by atoms with Crippen LogP contribution in [0.5, 0.6) is 0 Å². The second-order valence-corrected chi connectivity index (χ2v) is 6.30. The zero-order valence-corrected chi connectivity index (χ0v) is 14.8. The molecule has 1 aromatic carbocycles. The van der Waals surface area contributed by atoms with Gasteiger partial charge in [-0.25, -0.2) is 9.37 Å². The minimum atomic E-state index is -0.369. The fraction of sp³-hybridized carbons (Fsp3) is 0.143. The van der Waals surface area contributed by atoms with Crippen LogP contribution in [-0.4, -0.2) is 24.0 Å². The number of pyridine rings is 1. The van der Waals surface area contributed by atoms with Crippen molar-refractivity contribution in [1.82, 2.24) is 10.3 Å². The zero-order chi connectivity index (χ0) is 16.1. The summed E-state index contributed by atoms with van der Waals surface area (Å²) < 4.78 is 13.6. The Morgan fingerprint density at radius 1 is 1.27 bits per heavy atom. The summed E-state index contributed by atoms with van der Waals surface area (Å²) in [6.45, 7) is 0.810. The van der Waals surface area contributed by atoms with Crippen LogP contribution in [0.15, 0.2) is 30.5 Å². The lowest BCUT2D eigenvalue weighted by atomic mass is 10.2. The quantitative estimate of drug-likeness (QED) is 0.532. The van der Waals surface area contributed by atoms with Crippen molar-refractivity contribution in [3.05, 3.63) is 55.5 Å². The maximum Gasteiger partial charge on any atom is 0.252 e. The summed E-state index contributed by atoms with van der Waals surface area (Å²) >= 11 is 13.6. The van der Waals surface area contributed by atoms with Gasteiger partial charge in [0.2, 0.25) is 0 Å². The third-order valence-corrected chi connectivity index (χ3v) is 4.07.